The van der Waals surface area contributed by atoms with E-state index in [1.54, 1.807) is 0 Å². The van der Waals surface area contributed by atoms with Crippen LogP contribution in [0.4, 0.5) is 0 Å². The average molecular weight is 741 g/mol. The molecule has 0 aliphatic carbocycles. The lowest BCUT2D eigenvalue weighted by Crippen LogP contribution is -1.94. The molecular weight excluding hydrogens is 701 g/mol. The van der Waals surface area contributed by atoms with Crippen molar-refractivity contribution < 1.29 is 0 Å². The van der Waals surface area contributed by atoms with Crippen molar-refractivity contribution in [2.24, 2.45) is 0 Å². The first-order chi connectivity index (χ1) is 28.7. The Morgan fingerprint density at radius 1 is 0.293 bits per heavy atom. The molecule has 0 saturated carbocycles. The standard InChI is InChI=1S/C56H40N2/c1-3-57-52-21-9-7-15-44(52)46-27-25-38(32-54(46)57)42-17-11-19-48-50(42)34-51-43(39-26-28-47-45-16-8-10-22-53(45)58(4-2)55(47)33-39)18-12-20-49(51)56(48)40-24-23-37-29-35-13-5-6-14-36(35)30-41(37)31-40/h5-34H,3-4H2,1-2H3. The molecule has 2 heterocycles. The molecule has 0 saturated heterocycles. The van der Waals surface area contributed by atoms with Crippen molar-refractivity contribution >= 4 is 86.7 Å². The van der Waals surface area contributed by atoms with Crippen molar-refractivity contribution in [3.05, 3.63) is 182 Å². The maximum Gasteiger partial charge on any atom is 0.0497 e. The van der Waals surface area contributed by atoms with Gasteiger partial charge in [0.25, 0.3) is 0 Å². The Bertz CT molecular complexity index is 3470. The van der Waals surface area contributed by atoms with Crippen LogP contribution in [0.15, 0.2) is 182 Å². The largest absolute Gasteiger partial charge is 0.341 e. The zero-order chi connectivity index (χ0) is 38.5. The van der Waals surface area contributed by atoms with Gasteiger partial charge in [0.05, 0.1) is 0 Å². The van der Waals surface area contributed by atoms with Gasteiger partial charge in [-0.25, -0.2) is 0 Å². The Labute approximate surface area is 336 Å². The Hall–Kier alpha value is -7.16. The van der Waals surface area contributed by atoms with Gasteiger partial charge in [-0.1, -0.05) is 133 Å². The van der Waals surface area contributed by atoms with Crippen LogP contribution in [-0.2, 0) is 13.1 Å². The molecule has 0 amide bonds. The normalized spacial score (nSPS) is 12.1. The predicted octanol–water partition coefficient (Wildman–Crippen LogP) is 15.6. The highest BCUT2D eigenvalue weighted by molar-refractivity contribution is 6.20. The van der Waals surface area contributed by atoms with Crippen LogP contribution in [0.5, 0.6) is 0 Å². The molecule has 0 unspecified atom stereocenters. The van der Waals surface area contributed by atoms with Gasteiger partial charge in [0.2, 0.25) is 0 Å². The molecule has 0 aliphatic rings. The van der Waals surface area contributed by atoms with Gasteiger partial charge in [-0.15, -0.1) is 0 Å². The molecule has 0 aliphatic heterocycles. The van der Waals surface area contributed by atoms with Crippen LogP contribution in [-0.4, -0.2) is 9.13 Å². The summed E-state index contributed by atoms with van der Waals surface area (Å²) in [7, 11) is 0. The molecule has 0 radical (unpaired) electrons. The highest BCUT2D eigenvalue weighted by atomic mass is 15.0. The maximum absolute atomic E-state index is 2.48. The second-order valence-corrected chi connectivity index (χ2v) is 15.8. The van der Waals surface area contributed by atoms with Crippen LogP contribution >= 0.6 is 0 Å². The number of hydrogen-bond donors (Lipinski definition) is 0. The van der Waals surface area contributed by atoms with E-state index in [1.807, 2.05) is 0 Å². The lowest BCUT2D eigenvalue weighted by Gasteiger charge is -2.18. The highest BCUT2D eigenvalue weighted by Crippen LogP contribution is 2.45. The molecule has 0 fully saturated rings. The summed E-state index contributed by atoms with van der Waals surface area (Å²) in [6, 6.07) is 68.5. The fourth-order valence-electron chi connectivity index (χ4n) is 10.2. The molecule has 12 rings (SSSR count). The van der Waals surface area contributed by atoms with Crippen LogP contribution in [0.3, 0.4) is 0 Å². The van der Waals surface area contributed by atoms with E-state index in [9.17, 15) is 0 Å². The molecular formula is C56H40N2. The second-order valence-electron chi connectivity index (χ2n) is 15.8. The third kappa shape index (κ3) is 4.79. The van der Waals surface area contributed by atoms with Gasteiger partial charge in [0, 0.05) is 56.7 Å². The van der Waals surface area contributed by atoms with Crippen molar-refractivity contribution in [1.82, 2.24) is 9.13 Å². The van der Waals surface area contributed by atoms with Gasteiger partial charge in [-0.05, 0) is 139 Å². The Balaban J connectivity index is 1.16. The zero-order valence-corrected chi connectivity index (χ0v) is 32.6. The minimum atomic E-state index is 0.916. The first-order valence-electron chi connectivity index (χ1n) is 20.6. The number of fused-ring (bicyclic) bond motifs is 10. The summed E-state index contributed by atoms with van der Waals surface area (Å²) >= 11 is 0. The Morgan fingerprint density at radius 3 is 1.29 bits per heavy atom. The van der Waals surface area contributed by atoms with Gasteiger partial charge in [0.1, 0.15) is 0 Å². The van der Waals surface area contributed by atoms with Crippen molar-refractivity contribution in [3.8, 4) is 33.4 Å². The number of hydrogen-bond acceptors (Lipinski definition) is 0. The predicted molar refractivity (Wildman–Crippen MR) is 250 cm³/mol. The smallest absolute Gasteiger partial charge is 0.0497 e. The Kier molecular flexibility index (Phi) is 7.22. The van der Waals surface area contributed by atoms with E-state index >= 15 is 0 Å². The molecule has 0 bridgehead atoms. The summed E-state index contributed by atoms with van der Waals surface area (Å²) in [5, 5.41) is 15.3. The van der Waals surface area contributed by atoms with Gasteiger partial charge in [0.15, 0.2) is 0 Å². The van der Waals surface area contributed by atoms with Crippen molar-refractivity contribution in [2.75, 3.05) is 0 Å². The van der Waals surface area contributed by atoms with Crippen molar-refractivity contribution in [3.63, 3.8) is 0 Å². The number of nitrogens with zero attached hydrogens (tertiary/aromatic N) is 2. The van der Waals surface area contributed by atoms with Crippen LogP contribution < -0.4 is 0 Å². The van der Waals surface area contributed by atoms with E-state index in [2.05, 4.69) is 205 Å². The minimum Gasteiger partial charge on any atom is -0.341 e. The van der Waals surface area contributed by atoms with Gasteiger partial charge in [-0.2, -0.15) is 0 Å². The quantitative estimate of drug-likeness (QED) is 0.156. The second kappa shape index (κ2) is 12.7. The van der Waals surface area contributed by atoms with Gasteiger partial charge >= 0.3 is 0 Å². The molecule has 0 spiro atoms. The fourth-order valence-corrected chi connectivity index (χ4v) is 10.2. The molecule has 274 valence electrons. The SMILES string of the molecule is CCn1c2ccccc2c2ccc(-c3cccc4c(-c5ccc6cc7ccccc7cc6c5)c5cccc(-c6ccc7c8ccccc8n(CC)c7c6)c5cc34)cc21. The molecule has 2 aromatic heterocycles. The number of aromatic nitrogens is 2. The van der Waals surface area contributed by atoms with Crippen LogP contribution in [0, 0.1) is 0 Å². The maximum atomic E-state index is 2.48. The van der Waals surface area contributed by atoms with Crippen molar-refractivity contribution in [2.45, 2.75) is 26.9 Å². The van der Waals surface area contributed by atoms with E-state index in [4.69, 9.17) is 0 Å². The molecule has 58 heavy (non-hydrogen) atoms. The Morgan fingerprint density at radius 2 is 0.741 bits per heavy atom. The third-order valence-corrected chi connectivity index (χ3v) is 12.8. The lowest BCUT2D eigenvalue weighted by molar-refractivity contribution is 0.827. The first-order valence-corrected chi connectivity index (χ1v) is 20.6. The van der Waals surface area contributed by atoms with E-state index in [0.29, 0.717) is 0 Å². The average Bonchev–Trinajstić information content (AvgIpc) is 3.78. The minimum absolute atomic E-state index is 0.916. The monoisotopic (exact) mass is 740 g/mol. The molecule has 10 aromatic carbocycles. The molecule has 12 aromatic rings. The highest BCUT2D eigenvalue weighted by Gasteiger charge is 2.19. The summed E-state index contributed by atoms with van der Waals surface area (Å²) < 4.78 is 4.92. The fraction of sp³-hybridized carbons (Fsp3) is 0.0714. The summed E-state index contributed by atoms with van der Waals surface area (Å²) in [4.78, 5) is 0. The topological polar surface area (TPSA) is 9.86 Å². The number of aryl methyl sites for hydroxylation is 2. The first kappa shape index (κ1) is 33.0. The number of para-hydroxylation sites is 2. The van der Waals surface area contributed by atoms with Gasteiger partial charge in [-0.3, -0.25) is 0 Å². The third-order valence-electron chi connectivity index (χ3n) is 12.8. The summed E-state index contributed by atoms with van der Waals surface area (Å²) in [5.74, 6) is 0. The summed E-state index contributed by atoms with van der Waals surface area (Å²) in [6.45, 7) is 6.33. The van der Waals surface area contributed by atoms with Crippen LogP contribution in [0.2, 0.25) is 0 Å². The summed E-state index contributed by atoms with van der Waals surface area (Å²) in [5.41, 5.74) is 12.6. The van der Waals surface area contributed by atoms with Crippen molar-refractivity contribution in [1.29, 1.82) is 0 Å². The van der Waals surface area contributed by atoms with E-state index < -0.39 is 0 Å². The lowest BCUT2D eigenvalue weighted by atomic mass is 9.85. The summed E-state index contributed by atoms with van der Waals surface area (Å²) in [6.07, 6.45) is 0. The van der Waals surface area contributed by atoms with E-state index in [-0.39, 0.29) is 0 Å². The number of rotatable bonds is 5. The van der Waals surface area contributed by atoms with E-state index in [1.165, 1.54) is 120 Å². The molecule has 2 nitrogen and oxygen atoms in total. The molecule has 0 atom stereocenters. The van der Waals surface area contributed by atoms with Gasteiger partial charge < -0.3 is 9.13 Å². The number of benzene rings is 10. The van der Waals surface area contributed by atoms with Crippen LogP contribution in [0.1, 0.15) is 13.8 Å². The van der Waals surface area contributed by atoms with Crippen LogP contribution in [0.25, 0.3) is 120 Å². The zero-order valence-electron chi connectivity index (χ0n) is 32.6. The molecule has 2 heteroatoms. The van der Waals surface area contributed by atoms with E-state index in [0.717, 1.165) is 13.1 Å². The molecule has 0 N–H and O–H groups in total.